The molecule has 21 heavy (non-hydrogen) atoms. The molecule has 0 saturated heterocycles. The number of aromatic nitrogens is 2. The predicted octanol–water partition coefficient (Wildman–Crippen LogP) is 3.60. The second kappa shape index (κ2) is 5.36. The molecule has 0 atom stereocenters. The van der Waals surface area contributed by atoms with Crippen LogP contribution in [0.15, 0.2) is 47.1 Å². The lowest BCUT2D eigenvalue weighted by Gasteiger charge is -2.06. The van der Waals surface area contributed by atoms with Crippen LogP contribution in [-0.4, -0.2) is 16.0 Å². The second-order valence-corrected chi connectivity index (χ2v) is 5.10. The highest BCUT2D eigenvalue weighted by Gasteiger charge is 2.15. The summed E-state index contributed by atoms with van der Waals surface area (Å²) >= 11 is 0. The molecular formula is C16H15N3O2. The number of nitrogens with one attached hydrogen (secondary N) is 1. The van der Waals surface area contributed by atoms with E-state index in [1.165, 1.54) is 0 Å². The third-order valence-corrected chi connectivity index (χ3v) is 3.21. The molecule has 1 aromatic carbocycles. The van der Waals surface area contributed by atoms with Crippen LogP contribution in [0.1, 0.15) is 36.0 Å². The molecule has 3 rings (SSSR count). The molecule has 106 valence electrons. The van der Waals surface area contributed by atoms with Crippen LogP contribution in [0.2, 0.25) is 0 Å². The van der Waals surface area contributed by atoms with Crippen LogP contribution in [0.25, 0.3) is 10.9 Å². The molecule has 0 aliphatic rings. The minimum absolute atomic E-state index is 0.193. The molecule has 0 unspecified atom stereocenters. The van der Waals surface area contributed by atoms with Crippen LogP contribution in [0.4, 0.5) is 5.69 Å². The summed E-state index contributed by atoms with van der Waals surface area (Å²) in [5.74, 6) is 0.582. The van der Waals surface area contributed by atoms with Crippen molar-refractivity contribution < 1.29 is 9.32 Å². The van der Waals surface area contributed by atoms with E-state index in [1.807, 2.05) is 44.2 Å². The number of anilines is 1. The van der Waals surface area contributed by atoms with E-state index in [2.05, 4.69) is 15.5 Å². The van der Waals surface area contributed by atoms with Gasteiger partial charge in [-0.3, -0.25) is 9.78 Å². The molecule has 0 saturated carbocycles. The van der Waals surface area contributed by atoms with Gasteiger partial charge in [0, 0.05) is 23.6 Å². The highest BCUT2D eigenvalue weighted by atomic mass is 16.5. The first kappa shape index (κ1) is 13.3. The average molecular weight is 281 g/mol. The van der Waals surface area contributed by atoms with Crippen molar-refractivity contribution in [1.82, 2.24) is 10.1 Å². The summed E-state index contributed by atoms with van der Waals surface area (Å²) in [5, 5.41) is 7.61. The van der Waals surface area contributed by atoms with Gasteiger partial charge in [-0.2, -0.15) is 0 Å². The Hall–Kier alpha value is -2.69. The van der Waals surface area contributed by atoms with Crippen LogP contribution in [0, 0.1) is 0 Å². The Balaban J connectivity index is 1.89. The van der Waals surface area contributed by atoms with Crippen molar-refractivity contribution in [3.05, 3.63) is 54.0 Å². The molecule has 0 aliphatic heterocycles. The lowest BCUT2D eigenvalue weighted by molar-refractivity contribution is 0.101. The van der Waals surface area contributed by atoms with Crippen LogP contribution in [-0.2, 0) is 0 Å². The Kier molecular flexibility index (Phi) is 3.39. The zero-order chi connectivity index (χ0) is 14.8. The van der Waals surface area contributed by atoms with Gasteiger partial charge < -0.3 is 9.84 Å². The fourth-order valence-corrected chi connectivity index (χ4v) is 2.06. The Morgan fingerprint density at radius 3 is 2.81 bits per heavy atom. The highest BCUT2D eigenvalue weighted by molar-refractivity contribution is 6.07. The van der Waals surface area contributed by atoms with Gasteiger partial charge in [-0.15, -0.1) is 0 Å². The van der Waals surface area contributed by atoms with Crippen LogP contribution in [0.5, 0.6) is 0 Å². The molecule has 2 aromatic heterocycles. The van der Waals surface area contributed by atoms with Crippen molar-refractivity contribution in [2.75, 3.05) is 5.32 Å². The van der Waals surface area contributed by atoms with E-state index in [4.69, 9.17) is 4.52 Å². The predicted molar refractivity (Wildman–Crippen MR) is 80.3 cm³/mol. The third kappa shape index (κ3) is 2.63. The number of hydrogen-bond donors (Lipinski definition) is 1. The fraction of sp³-hybridized carbons (Fsp3) is 0.188. The molecule has 0 fully saturated rings. The van der Waals surface area contributed by atoms with Crippen molar-refractivity contribution in [2.24, 2.45) is 0 Å². The van der Waals surface area contributed by atoms with E-state index in [0.29, 0.717) is 11.4 Å². The number of carbonyl (C=O) groups is 1. The van der Waals surface area contributed by atoms with E-state index in [9.17, 15) is 4.79 Å². The largest absolute Gasteiger partial charge is 0.360 e. The van der Waals surface area contributed by atoms with Crippen molar-refractivity contribution in [1.29, 1.82) is 0 Å². The zero-order valence-electron chi connectivity index (χ0n) is 11.8. The Bertz CT molecular complexity index is 788. The lowest BCUT2D eigenvalue weighted by atomic mass is 10.1. The van der Waals surface area contributed by atoms with Gasteiger partial charge in [-0.1, -0.05) is 37.2 Å². The van der Waals surface area contributed by atoms with E-state index in [0.717, 1.165) is 10.9 Å². The maximum atomic E-state index is 12.2. The summed E-state index contributed by atoms with van der Waals surface area (Å²) in [6.45, 7) is 3.97. The first-order valence-electron chi connectivity index (χ1n) is 6.77. The van der Waals surface area contributed by atoms with E-state index >= 15 is 0 Å². The molecular weight excluding hydrogens is 266 g/mol. The van der Waals surface area contributed by atoms with Gasteiger partial charge in [0.1, 0.15) is 5.76 Å². The number of fused-ring (bicyclic) bond motifs is 1. The second-order valence-electron chi connectivity index (χ2n) is 5.10. The zero-order valence-corrected chi connectivity index (χ0v) is 11.8. The van der Waals surface area contributed by atoms with Gasteiger partial charge >= 0.3 is 0 Å². The summed E-state index contributed by atoms with van der Waals surface area (Å²) in [5.41, 5.74) is 1.68. The maximum Gasteiger partial charge on any atom is 0.277 e. The third-order valence-electron chi connectivity index (χ3n) is 3.21. The number of benzene rings is 1. The van der Waals surface area contributed by atoms with Crippen molar-refractivity contribution in [3.63, 3.8) is 0 Å². The smallest absolute Gasteiger partial charge is 0.277 e. The molecule has 1 amide bonds. The van der Waals surface area contributed by atoms with E-state index < -0.39 is 0 Å². The van der Waals surface area contributed by atoms with Crippen molar-refractivity contribution in [3.8, 4) is 0 Å². The summed E-state index contributed by atoms with van der Waals surface area (Å²) in [7, 11) is 0. The molecule has 1 N–H and O–H groups in total. The number of amides is 1. The lowest BCUT2D eigenvalue weighted by Crippen LogP contribution is -2.12. The van der Waals surface area contributed by atoms with Gasteiger partial charge in [0.15, 0.2) is 5.69 Å². The topological polar surface area (TPSA) is 68.0 Å². The molecule has 0 aliphatic carbocycles. The Morgan fingerprint density at radius 1 is 1.24 bits per heavy atom. The van der Waals surface area contributed by atoms with Gasteiger partial charge in [0.05, 0.1) is 11.2 Å². The molecule has 5 nitrogen and oxygen atoms in total. The fourth-order valence-electron chi connectivity index (χ4n) is 2.06. The van der Waals surface area contributed by atoms with Crippen LogP contribution < -0.4 is 5.32 Å². The first-order valence-corrected chi connectivity index (χ1v) is 6.77. The number of hydrogen-bond acceptors (Lipinski definition) is 4. The number of carbonyl (C=O) groups excluding carboxylic acids is 1. The molecule has 3 aromatic rings. The number of para-hydroxylation sites is 1. The SMILES string of the molecule is CC(C)c1cc(C(=O)Nc2cccc3cccnc23)no1. The molecule has 5 heteroatoms. The van der Waals surface area contributed by atoms with Crippen LogP contribution >= 0.6 is 0 Å². The number of pyridine rings is 1. The molecule has 0 radical (unpaired) electrons. The van der Waals surface area contributed by atoms with Gasteiger partial charge in [0.2, 0.25) is 0 Å². The van der Waals surface area contributed by atoms with Gasteiger partial charge in [-0.25, -0.2) is 0 Å². The van der Waals surface area contributed by atoms with Gasteiger partial charge in [-0.05, 0) is 12.1 Å². The highest BCUT2D eigenvalue weighted by Crippen LogP contribution is 2.22. The van der Waals surface area contributed by atoms with Crippen molar-refractivity contribution >= 4 is 22.5 Å². The standard InChI is InChI=1S/C16H15N3O2/c1-10(2)14-9-13(19-21-14)16(20)18-12-7-3-5-11-6-4-8-17-15(11)12/h3-10H,1-2H3,(H,18,20). The Labute approximate surface area is 122 Å². The minimum Gasteiger partial charge on any atom is -0.360 e. The summed E-state index contributed by atoms with van der Waals surface area (Å²) in [6.07, 6.45) is 1.70. The Morgan fingerprint density at radius 2 is 2.05 bits per heavy atom. The summed E-state index contributed by atoms with van der Waals surface area (Å²) in [4.78, 5) is 16.5. The normalized spacial score (nSPS) is 11.0. The van der Waals surface area contributed by atoms with Gasteiger partial charge in [0.25, 0.3) is 5.91 Å². The average Bonchev–Trinajstić information content (AvgIpc) is 2.98. The monoisotopic (exact) mass is 281 g/mol. The molecule has 0 spiro atoms. The summed E-state index contributed by atoms with van der Waals surface area (Å²) < 4.78 is 5.15. The quantitative estimate of drug-likeness (QED) is 0.796. The van der Waals surface area contributed by atoms with E-state index in [1.54, 1.807) is 12.3 Å². The minimum atomic E-state index is -0.302. The van der Waals surface area contributed by atoms with Crippen LogP contribution in [0.3, 0.4) is 0 Å². The molecule has 0 bridgehead atoms. The maximum absolute atomic E-state index is 12.2. The van der Waals surface area contributed by atoms with Crippen molar-refractivity contribution in [2.45, 2.75) is 19.8 Å². The number of rotatable bonds is 3. The number of nitrogens with zero attached hydrogens (tertiary/aromatic N) is 2. The van der Waals surface area contributed by atoms with E-state index in [-0.39, 0.29) is 17.5 Å². The molecule has 2 heterocycles. The summed E-state index contributed by atoms with van der Waals surface area (Å²) in [6, 6.07) is 11.1. The first-order chi connectivity index (χ1) is 10.1.